The number of oxazole rings is 1. The fourth-order valence-corrected chi connectivity index (χ4v) is 2.21. The van der Waals surface area contributed by atoms with E-state index in [1.165, 1.54) is 19.1 Å². The molecule has 0 aliphatic carbocycles. The number of carbonyl (C=O) groups excluding carboxylic acids is 1. The van der Waals surface area contributed by atoms with E-state index in [-0.39, 0.29) is 11.6 Å². The summed E-state index contributed by atoms with van der Waals surface area (Å²) in [6.07, 6.45) is 5.91. The molecule has 30 heavy (non-hydrogen) atoms. The first kappa shape index (κ1) is 29.6. The van der Waals surface area contributed by atoms with Gasteiger partial charge in [-0.15, -0.1) is 0 Å². The minimum Gasteiger partial charge on any atom is -0.448 e. The second-order valence-corrected chi connectivity index (χ2v) is 6.24. The molecule has 0 unspecified atom stereocenters. The Morgan fingerprint density at radius 3 is 2.40 bits per heavy atom. The number of aryl methyl sites for hydroxylation is 1. The Kier molecular flexibility index (Phi) is 18.2. The summed E-state index contributed by atoms with van der Waals surface area (Å²) in [5.41, 5.74) is 2.89. The van der Waals surface area contributed by atoms with Gasteiger partial charge in [0.15, 0.2) is 11.6 Å². The van der Waals surface area contributed by atoms with Crippen LogP contribution >= 0.6 is 11.6 Å². The number of benzene rings is 1. The Labute approximate surface area is 186 Å². The fraction of sp³-hybridized carbons (Fsp3) is 0.435. The molecule has 0 bridgehead atoms. The van der Waals surface area contributed by atoms with E-state index in [2.05, 4.69) is 29.1 Å². The topological polar surface area (TPSA) is 91.0 Å². The van der Waals surface area contributed by atoms with Gasteiger partial charge in [0.1, 0.15) is 6.26 Å². The van der Waals surface area contributed by atoms with Gasteiger partial charge in [-0.3, -0.25) is 4.79 Å². The average molecular weight is 435 g/mol. The maximum Gasteiger partial charge on any atom is 0.277 e. The van der Waals surface area contributed by atoms with E-state index < -0.39 is 0 Å². The number of amides is 1. The highest BCUT2D eigenvalue weighted by molar-refractivity contribution is 6.34. The van der Waals surface area contributed by atoms with Gasteiger partial charge in [0, 0.05) is 13.5 Å². The molecule has 1 amide bonds. The molecule has 0 aliphatic rings. The summed E-state index contributed by atoms with van der Waals surface area (Å²) in [4.78, 5) is 16.0. The van der Waals surface area contributed by atoms with Gasteiger partial charge in [0.05, 0.1) is 10.7 Å². The van der Waals surface area contributed by atoms with Crippen molar-refractivity contribution in [3.05, 3.63) is 52.7 Å². The molecular weight excluding hydrogens is 400 g/mol. The highest BCUT2D eigenvalue weighted by atomic mass is 35.5. The Bertz CT molecular complexity index is 779. The summed E-state index contributed by atoms with van der Waals surface area (Å²) in [5, 5.41) is 12.8. The number of nitriles is 1. The number of nitrogens with zero attached hydrogens (tertiary/aromatic N) is 2. The quantitative estimate of drug-likeness (QED) is 0.507. The molecule has 2 aromatic rings. The lowest BCUT2D eigenvalue weighted by Gasteiger charge is -2.08. The van der Waals surface area contributed by atoms with Crippen LogP contribution in [0.1, 0.15) is 69.4 Å². The molecule has 0 aliphatic heterocycles. The van der Waals surface area contributed by atoms with Crippen LogP contribution in [0.25, 0.3) is 5.57 Å². The van der Waals surface area contributed by atoms with Gasteiger partial charge in [-0.05, 0) is 57.1 Å². The third-order valence-electron chi connectivity index (χ3n) is 3.73. The maximum absolute atomic E-state index is 12.0. The van der Waals surface area contributed by atoms with Crippen LogP contribution in [0, 0.1) is 18.8 Å². The number of allylic oxidation sites excluding steroid dienone is 2. The first-order valence-electron chi connectivity index (χ1n) is 9.99. The number of rotatable bonds is 6. The van der Waals surface area contributed by atoms with Crippen molar-refractivity contribution in [2.75, 3.05) is 18.9 Å². The number of aromatic nitrogens is 1. The molecule has 166 valence electrons. The Morgan fingerprint density at radius 2 is 1.97 bits per heavy atom. The molecule has 2 N–H and O–H groups in total. The van der Waals surface area contributed by atoms with E-state index in [1.54, 1.807) is 13.0 Å². The average Bonchev–Trinajstić information content (AvgIpc) is 3.23. The zero-order chi connectivity index (χ0) is 23.5. The molecule has 7 heteroatoms. The lowest BCUT2D eigenvalue weighted by Crippen LogP contribution is -2.12. The predicted octanol–water partition coefficient (Wildman–Crippen LogP) is 6.48. The van der Waals surface area contributed by atoms with Gasteiger partial charge >= 0.3 is 0 Å². The number of anilines is 1. The number of unbranched alkanes of at least 4 members (excludes halogenated alkanes) is 1. The monoisotopic (exact) mass is 434 g/mol. The fourth-order valence-electron chi connectivity index (χ4n) is 2.04. The second-order valence-electron chi connectivity index (χ2n) is 5.83. The molecule has 0 saturated heterocycles. The van der Waals surface area contributed by atoms with Crippen molar-refractivity contribution >= 4 is 28.8 Å². The maximum atomic E-state index is 12.0. The van der Waals surface area contributed by atoms with Crippen molar-refractivity contribution in [1.82, 2.24) is 10.3 Å². The van der Waals surface area contributed by atoms with Crippen molar-refractivity contribution in [2.45, 2.75) is 54.4 Å². The SMILES string of the molecule is C#N.C/C=C(\C)c1ccc(Cl)c(NC(=O)c2coc(C)n2)c1.CC.CCCCNC. The number of halogens is 1. The molecule has 0 saturated carbocycles. The largest absolute Gasteiger partial charge is 0.448 e. The summed E-state index contributed by atoms with van der Waals surface area (Å²) in [6, 6.07) is 5.50. The van der Waals surface area contributed by atoms with Gasteiger partial charge < -0.3 is 15.1 Å². The summed E-state index contributed by atoms with van der Waals surface area (Å²) in [7, 11) is 1.98. The van der Waals surface area contributed by atoms with Gasteiger partial charge in [0.25, 0.3) is 5.91 Å². The molecule has 0 radical (unpaired) electrons. The van der Waals surface area contributed by atoms with E-state index in [1.807, 2.05) is 53.0 Å². The molecule has 1 aromatic carbocycles. The minimum absolute atomic E-state index is 0.228. The van der Waals surface area contributed by atoms with E-state index in [0.717, 1.165) is 17.7 Å². The van der Waals surface area contributed by atoms with Crippen molar-refractivity contribution in [2.24, 2.45) is 0 Å². The highest BCUT2D eigenvalue weighted by Gasteiger charge is 2.13. The smallest absolute Gasteiger partial charge is 0.277 e. The highest BCUT2D eigenvalue weighted by Crippen LogP contribution is 2.26. The molecule has 6 nitrogen and oxygen atoms in total. The van der Waals surface area contributed by atoms with Crippen LogP contribution in [0.4, 0.5) is 5.69 Å². The Morgan fingerprint density at radius 1 is 1.33 bits per heavy atom. The van der Waals surface area contributed by atoms with Gasteiger partial charge in [-0.1, -0.05) is 50.9 Å². The number of hydrogen-bond acceptors (Lipinski definition) is 5. The summed E-state index contributed by atoms with van der Waals surface area (Å²) >= 11 is 6.10. The van der Waals surface area contributed by atoms with E-state index in [9.17, 15) is 4.79 Å². The first-order chi connectivity index (χ1) is 14.4. The molecule has 0 spiro atoms. The zero-order valence-corrected chi connectivity index (χ0v) is 19.9. The zero-order valence-electron chi connectivity index (χ0n) is 19.2. The first-order valence-corrected chi connectivity index (χ1v) is 10.4. The Hall–Kier alpha value is -2.62. The third kappa shape index (κ3) is 11.4. The normalized spacial score (nSPS) is 9.73. The van der Waals surface area contributed by atoms with E-state index >= 15 is 0 Å². The Balaban J connectivity index is 0. The van der Waals surface area contributed by atoms with Crippen molar-refractivity contribution in [3.63, 3.8) is 0 Å². The minimum atomic E-state index is -0.348. The standard InChI is InChI=1S/C15H15ClN2O2.C5H13N.C2H6.CHN/c1-4-9(2)11-5-6-12(16)13(7-11)18-15(19)14-8-20-10(3)17-14;1-3-4-5-6-2;2*1-2/h4-8H,1-3H3,(H,18,19);6H,3-5H2,1-2H3;1-2H3;1H/b9-4+;;;. The van der Waals surface area contributed by atoms with Crippen LogP contribution in [-0.4, -0.2) is 24.5 Å². The van der Waals surface area contributed by atoms with E-state index in [0.29, 0.717) is 16.6 Å². The number of hydrogen-bond donors (Lipinski definition) is 2. The molecular formula is C23H35ClN4O2. The van der Waals surface area contributed by atoms with Crippen LogP contribution in [0.5, 0.6) is 0 Å². The summed E-state index contributed by atoms with van der Waals surface area (Å²) in [6.45, 7) is 16.5. The van der Waals surface area contributed by atoms with Crippen LogP contribution in [0.3, 0.4) is 0 Å². The summed E-state index contributed by atoms with van der Waals surface area (Å²) in [5.74, 6) is 0.0961. The molecule has 0 atom stereocenters. The van der Waals surface area contributed by atoms with Crippen LogP contribution in [-0.2, 0) is 0 Å². The second kappa shape index (κ2) is 18.4. The molecule has 2 rings (SSSR count). The van der Waals surface area contributed by atoms with Crippen molar-refractivity contribution in [1.29, 1.82) is 5.26 Å². The summed E-state index contributed by atoms with van der Waals surface area (Å²) < 4.78 is 5.02. The lowest BCUT2D eigenvalue weighted by atomic mass is 10.1. The van der Waals surface area contributed by atoms with E-state index in [4.69, 9.17) is 21.3 Å². The van der Waals surface area contributed by atoms with Crippen LogP contribution < -0.4 is 10.6 Å². The van der Waals surface area contributed by atoms with Crippen molar-refractivity contribution in [3.8, 4) is 6.57 Å². The van der Waals surface area contributed by atoms with Crippen LogP contribution in [0.15, 0.2) is 35.0 Å². The van der Waals surface area contributed by atoms with Crippen molar-refractivity contribution < 1.29 is 9.21 Å². The van der Waals surface area contributed by atoms with Gasteiger partial charge in [0.2, 0.25) is 0 Å². The lowest BCUT2D eigenvalue weighted by molar-refractivity contribution is 0.102. The van der Waals surface area contributed by atoms with Crippen LogP contribution in [0.2, 0.25) is 5.02 Å². The molecule has 1 heterocycles. The molecule has 0 fully saturated rings. The third-order valence-corrected chi connectivity index (χ3v) is 4.06. The predicted molar refractivity (Wildman–Crippen MR) is 127 cm³/mol. The molecule has 1 aromatic heterocycles. The number of nitrogens with one attached hydrogen (secondary N) is 2. The van der Waals surface area contributed by atoms with Gasteiger partial charge in [-0.2, -0.15) is 0 Å². The number of carbonyl (C=O) groups is 1. The van der Waals surface area contributed by atoms with Gasteiger partial charge in [-0.25, -0.2) is 10.2 Å².